The van der Waals surface area contributed by atoms with Crippen molar-refractivity contribution in [2.75, 3.05) is 6.54 Å². The maximum atomic E-state index is 10.9. The third-order valence-corrected chi connectivity index (χ3v) is 4.40. The SMILES string of the molecule is CC(C)CC1=C[C@H]2[C@@H](C1)C[C@@]2(CN)CC(=O)O. The van der Waals surface area contributed by atoms with Crippen LogP contribution in [0.2, 0.25) is 0 Å². The number of hydrogen-bond acceptors (Lipinski definition) is 2. The van der Waals surface area contributed by atoms with Crippen molar-refractivity contribution in [1.29, 1.82) is 0 Å². The Morgan fingerprint density at radius 2 is 2.35 bits per heavy atom. The zero-order valence-corrected chi connectivity index (χ0v) is 10.8. The largest absolute Gasteiger partial charge is 0.481 e. The minimum Gasteiger partial charge on any atom is -0.481 e. The van der Waals surface area contributed by atoms with Crippen LogP contribution < -0.4 is 5.73 Å². The first kappa shape index (κ1) is 12.6. The summed E-state index contributed by atoms with van der Waals surface area (Å²) in [5.41, 5.74) is 7.21. The van der Waals surface area contributed by atoms with Crippen LogP contribution in [0, 0.1) is 23.2 Å². The average Bonchev–Trinajstić information content (AvgIpc) is 2.52. The van der Waals surface area contributed by atoms with Crippen LogP contribution in [0.15, 0.2) is 11.6 Å². The summed E-state index contributed by atoms with van der Waals surface area (Å²) in [6, 6.07) is 0. The Balaban J connectivity index is 2.06. The summed E-state index contributed by atoms with van der Waals surface area (Å²) in [5, 5.41) is 9.00. The van der Waals surface area contributed by atoms with Crippen LogP contribution >= 0.6 is 0 Å². The second-order valence-electron chi connectivity index (χ2n) is 6.25. The van der Waals surface area contributed by atoms with Gasteiger partial charge in [-0.15, -0.1) is 0 Å². The molecular formula is C14H23NO2. The van der Waals surface area contributed by atoms with E-state index in [1.165, 1.54) is 12.0 Å². The molecule has 0 unspecified atom stereocenters. The zero-order valence-electron chi connectivity index (χ0n) is 10.8. The Bertz CT molecular complexity index is 348. The number of aliphatic carboxylic acids is 1. The molecule has 0 aromatic heterocycles. The summed E-state index contributed by atoms with van der Waals surface area (Å²) < 4.78 is 0. The average molecular weight is 237 g/mol. The van der Waals surface area contributed by atoms with E-state index < -0.39 is 5.97 Å². The zero-order chi connectivity index (χ0) is 12.6. The number of fused-ring (bicyclic) bond motifs is 1. The lowest BCUT2D eigenvalue weighted by atomic mass is 9.53. The number of carboxylic acids is 1. The first-order valence-corrected chi connectivity index (χ1v) is 6.58. The molecule has 3 atom stereocenters. The minimum atomic E-state index is -0.709. The molecule has 0 bridgehead atoms. The van der Waals surface area contributed by atoms with Crippen molar-refractivity contribution >= 4 is 5.97 Å². The Morgan fingerprint density at radius 3 is 2.88 bits per heavy atom. The van der Waals surface area contributed by atoms with Crippen LogP contribution in [0.5, 0.6) is 0 Å². The predicted molar refractivity (Wildman–Crippen MR) is 67.5 cm³/mol. The molecule has 2 aliphatic carbocycles. The highest BCUT2D eigenvalue weighted by Crippen LogP contribution is 2.59. The van der Waals surface area contributed by atoms with Gasteiger partial charge in [0.2, 0.25) is 0 Å². The van der Waals surface area contributed by atoms with E-state index in [0.717, 1.165) is 12.8 Å². The second kappa shape index (κ2) is 4.45. The van der Waals surface area contributed by atoms with Crippen molar-refractivity contribution in [1.82, 2.24) is 0 Å². The van der Waals surface area contributed by atoms with E-state index in [1.807, 2.05) is 0 Å². The molecule has 1 saturated carbocycles. The van der Waals surface area contributed by atoms with Crippen LogP contribution in [-0.2, 0) is 4.79 Å². The van der Waals surface area contributed by atoms with Gasteiger partial charge in [-0.1, -0.05) is 25.5 Å². The normalized spacial score (nSPS) is 35.4. The van der Waals surface area contributed by atoms with Crippen molar-refractivity contribution in [2.45, 2.75) is 39.5 Å². The third kappa shape index (κ3) is 2.25. The van der Waals surface area contributed by atoms with E-state index in [-0.39, 0.29) is 11.8 Å². The fourth-order valence-corrected chi connectivity index (χ4v) is 3.75. The molecule has 0 aliphatic heterocycles. The molecule has 0 amide bonds. The molecule has 1 fully saturated rings. The lowest BCUT2D eigenvalue weighted by molar-refractivity contribution is -0.144. The Morgan fingerprint density at radius 1 is 1.65 bits per heavy atom. The molecule has 0 spiro atoms. The quantitative estimate of drug-likeness (QED) is 0.722. The molecule has 0 aromatic carbocycles. The molecule has 17 heavy (non-hydrogen) atoms. The van der Waals surface area contributed by atoms with Crippen LogP contribution in [0.4, 0.5) is 0 Å². The van der Waals surface area contributed by atoms with Gasteiger partial charge in [0, 0.05) is 0 Å². The number of carbonyl (C=O) groups is 1. The molecular weight excluding hydrogens is 214 g/mol. The Labute approximate surface area is 103 Å². The summed E-state index contributed by atoms with van der Waals surface area (Å²) in [7, 11) is 0. The Kier molecular flexibility index (Phi) is 3.30. The maximum absolute atomic E-state index is 10.9. The maximum Gasteiger partial charge on any atom is 0.303 e. The smallest absolute Gasteiger partial charge is 0.303 e. The van der Waals surface area contributed by atoms with Gasteiger partial charge in [-0.2, -0.15) is 0 Å². The van der Waals surface area contributed by atoms with Crippen molar-refractivity contribution < 1.29 is 9.90 Å². The van der Waals surface area contributed by atoms with Gasteiger partial charge in [0.15, 0.2) is 0 Å². The number of carboxylic acid groups (broad SMARTS) is 1. The highest BCUT2D eigenvalue weighted by atomic mass is 16.4. The lowest BCUT2D eigenvalue weighted by Crippen LogP contribution is -2.51. The molecule has 0 radical (unpaired) electrons. The topological polar surface area (TPSA) is 63.3 Å². The van der Waals surface area contributed by atoms with Crippen LogP contribution in [0.1, 0.15) is 39.5 Å². The van der Waals surface area contributed by atoms with Gasteiger partial charge in [0.05, 0.1) is 6.42 Å². The van der Waals surface area contributed by atoms with Crippen molar-refractivity contribution in [3.8, 4) is 0 Å². The monoisotopic (exact) mass is 237 g/mol. The summed E-state index contributed by atoms with van der Waals surface area (Å²) in [5.74, 6) is 1.08. The standard InChI is InChI=1S/C14H23NO2/c1-9(2)3-10-4-11-6-14(8-15,7-13(16)17)12(11)5-10/h5,9,11-12H,3-4,6-8,15H2,1-2H3,(H,16,17)/t11-,12-,14-/m0/s1. The predicted octanol–water partition coefficient (Wildman–Crippen LogP) is 2.42. The summed E-state index contributed by atoms with van der Waals surface area (Å²) >= 11 is 0. The van der Waals surface area contributed by atoms with Crippen LogP contribution in [0.25, 0.3) is 0 Å². The van der Waals surface area contributed by atoms with E-state index in [4.69, 9.17) is 10.8 Å². The molecule has 2 aliphatic rings. The van der Waals surface area contributed by atoms with E-state index in [0.29, 0.717) is 24.3 Å². The molecule has 0 aromatic rings. The highest BCUT2D eigenvalue weighted by Gasteiger charge is 2.54. The van der Waals surface area contributed by atoms with Gasteiger partial charge >= 0.3 is 5.97 Å². The van der Waals surface area contributed by atoms with Crippen LogP contribution in [0.3, 0.4) is 0 Å². The van der Waals surface area contributed by atoms with E-state index in [2.05, 4.69) is 19.9 Å². The molecule has 3 heteroatoms. The van der Waals surface area contributed by atoms with E-state index in [1.54, 1.807) is 0 Å². The van der Waals surface area contributed by atoms with Crippen molar-refractivity contribution in [2.24, 2.45) is 28.9 Å². The van der Waals surface area contributed by atoms with Crippen molar-refractivity contribution in [3.63, 3.8) is 0 Å². The van der Waals surface area contributed by atoms with E-state index >= 15 is 0 Å². The number of hydrogen-bond donors (Lipinski definition) is 2. The van der Waals surface area contributed by atoms with Gasteiger partial charge in [-0.25, -0.2) is 0 Å². The fourth-order valence-electron chi connectivity index (χ4n) is 3.75. The van der Waals surface area contributed by atoms with E-state index in [9.17, 15) is 4.79 Å². The van der Waals surface area contributed by atoms with Gasteiger partial charge in [0.25, 0.3) is 0 Å². The second-order valence-corrected chi connectivity index (χ2v) is 6.25. The fraction of sp³-hybridized carbons (Fsp3) is 0.786. The Hall–Kier alpha value is -0.830. The number of allylic oxidation sites excluding steroid dienone is 2. The minimum absolute atomic E-state index is 0.144. The molecule has 0 saturated heterocycles. The summed E-state index contributed by atoms with van der Waals surface area (Å²) in [6.07, 6.45) is 5.89. The van der Waals surface area contributed by atoms with Gasteiger partial charge in [-0.05, 0) is 49.0 Å². The molecule has 96 valence electrons. The van der Waals surface area contributed by atoms with Crippen molar-refractivity contribution in [3.05, 3.63) is 11.6 Å². The van der Waals surface area contributed by atoms with Gasteiger partial charge in [0.1, 0.15) is 0 Å². The molecule has 0 heterocycles. The number of nitrogens with two attached hydrogens (primary N) is 1. The first-order chi connectivity index (χ1) is 7.97. The van der Waals surface area contributed by atoms with Crippen LogP contribution in [-0.4, -0.2) is 17.6 Å². The van der Waals surface area contributed by atoms with Gasteiger partial charge < -0.3 is 10.8 Å². The summed E-state index contributed by atoms with van der Waals surface area (Å²) in [4.78, 5) is 10.9. The molecule has 2 rings (SSSR count). The molecule has 3 N–H and O–H groups in total. The van der Waals surface area contributed by atoms with Gasteiger partial charge in [-0.3, -0.25) is 4.79 Å². The lowest BCUT2D eigenvalue weighted by Gasteiger charge is -2.51. The third-order valence-electron chi connectivity index (χ3n) is 4.40. The first-order valence-electron chi connectivity index (χ1n) is 6.58. The highest BCUT2D eigenvalue weighted by molar-refractivity contribution is 5.68. The molecule has 3 nitrogen and oxygen atoms in total. The summed E-state index contributed by atoms with van der Waals surface area (Å²) in [6.45, 7) is 4.97. The number of rotatable bonds is 5.